The van der Waals surface area contributed by atoms with Crippen molar-refractivity contribution in [2.75, 3.05) is 0 Å². The predicted octanol–water partition coefficient (Wildman–Crippen LogP) is 3.67. The average molecular weight is 319 g/mol. The third-order valence-corrected chi connectivity index (χ3v) is 5.04. The van der Waals surface area contributed by atoms with Gasteiger partial charge in [-0.15, -0.1) is 0 Å². The molecule has 4 nitrogen and oxygen atoms in total. The molecule has 0 saturated heterocycles. The number of carbonyl (C=O) groups excluding carboxylic acids is 1. The summed E-state index contributed by atoms with van der Waals surface area (Å²) >= 11 is 0. The molecular weight excluding hydrogens is 298 g/mol. The van der Waals surface area contributed by atoms with E-state index in [-0.39, 0.29) is 17.0 Å². The Kier molecular flexibility index (Phi) is 4.71. The van der Waals surface area contributed by atoms with Crippen LogP contribution in [0, 0.1) is 18.3 Å². The van der Waals surface area contributed by atoms with E-state index >= 15 is 0 Å². The molecule has 0 radical (unpaired) electrons. The van der Waals surface area contributed by atoms with Crippen molar-refractivity contribution in [3.63, 3.8) is 0 Å². The van der Waals surface area contributed by atoms with Gasteiger partial charge in [0.15, 0.2) is 0 Å². The van der Waals surface area contributed by atoms with Crippen molar-refractivity contribution in [3.8, 4) is 6.07 Å². The molecule has 1 aromatic carbocycles. The molecule has 1 aliphatic rings. The molecule has 1 heterocycles. The summed E-state index contributed by atoms with van der Waals surface area (Å²) in [4.78, 5) is 21.1. The zero-order valence-corrected chi connectivity index (χ0v) is 14.0. The topological polar surface area (TPSA) is 66.6 Å². The van der Waals surface area contributed by atoms with E-state index in [4.69, 9.17) is 5.26 Å². The molecule has 1 fully saturated rings. The average Bonchev–Trinajstić information content (AvgIpc) is 3.06. The van der Waals surface area contributed by atoms with Crippen molar-refractivity contribution in [1.29, 1.82) is 5.26 Å². The first kappa shape index (κ1) is 16.3. The molecule has 0 N–H and O–H groups in total. The summed E-state index contributed by atoms with van der Waals surface area (Å²) in [6.45, 7) is 2.04. The zero-order valence-electron chi connectivity index (χ0n) is 14.0. The monoisotopic (exact) mass is 319 g/mol. The molecule has 24 heavy (non-hydrogen) atoms. The highest BCUT2D eigenvalue weighted by Crippen LogP contribution is 2.43. The van der Waals surface area contributed by atoms with Crippen molar-refractivity contribution >= 4 is 5.78 Å². The van der Waals surface area contributed by atoms with Crippen LogP contribution in [-0.2, 0) is 16.6 Å². The predicted molar refractivity (Wildman–Crippen MR) is 91.4 cm³/mol. The van der Waals surface area contributed by atoms with Crippen LogP contribution in [-0.4, -0.2) is 15.8 Å². The minimum Gasteiger partial charge on any atom is -0.299 e. The maximum absolute atomic E-state index is 12.7. The summed E-state index contributed by atoms with van der Waals surface area (Å²) in [5, 5.41) is 9.05. The van der Waals surface area contributed by atoms with Gasteiger partial charge in [-0.3, -0.25) is 4.79 Å². The van der Waals surface area contributed by atoms with Crippen molar-refractivity contribution in [2.24, 2.45) is 0 Å². The molecule has 1 aliphatic carbocycles. The summed E-state index contributed by atoms with van der Waals surface area (Å²) in [7, 11) is 0. The number of carbonyl (C=O) groups is 1. The van der Waals surface area contributed by atoms with Gasteiger partial charge in [0.2, 0.25) is 5.82 Å². The summed E-state index contributed by atoms with van der Waals surface area (Å²) in [5.74, 6) is 0.424. The van der Waals surface area contributed by atoms with Crippen LogP contribution in [0.4, 0.5) is 0 Å². The van der Waals surface area contributed by atoms with E-state index in [0.29, 0.717) is 12.8 Å². The van der Waals surface area contributed by atoms with E-state index in [0.717, 1.165) is 42.5 Å². The molecule has 0 atom stereocenters. The standard InChI is InChI=1S/C20H21N3O/c1-15-6-2-3-7-16(15)12-17(24)13-20(9-4-5-10-20)18-8-11-22-19(14-21)23-18/h2-3,6-8,11H,4-5,9-10,12-13H2,1H3. The number of Topliss-reactive ketones (excluding diaryl/α,β-unsaturated/α-hetero) is 1. The first-order chi connectivity index (χ1) is 11.6. The van der Waals surface area contributed by atoms with E-state index in [1.165, 1.54) is 0 Å². The molecule has 0 bridgehead atoms. The maximum atomic E-state index is 12.7. The largest absolute Gasteiger partial charge is 0.299 e. The minimum atomic E-state index is -0.228. The van der Waals surface area contributed by atoms with Gasteiger partial charge in [0.1, 0.15) is 11.9 Å². The Morgan fingerprint density at radius 2 is 2.00 bits per heavy atom. The van der Waals surface area contributed by atoms with Gasteiger partial charge in [0, 0.05) is 24.5 Å². The fraction of sp³-hybridized carbons (Fsp3) is 0.400. The Balaban J connectivity index is 1.82. The van der Waals surface area contributed by atoms with Crippen LogP contribution in [0.5, 0.6) is 0 Å². The quantitative estimate of drug-likeness (QED) is 0.843. The number of aryl methyl sites for hydroxylation is 1. The van der Waals surface area contributed by atoms with E-state index in [9.17, 15) is 4.79 Å². The first-order valence-electron chi connectivity index (χ1n) is 8.43. The van der Waals surface area contributed by atoms with Gasteiger partial charge < -0.3 is 0 Å². The maximum Gasteiger partial charge on any atom is 0.232 e. The summed E-state index contributed by atoms with van der Waals surface area (Å²) in [6, 6.07) is 11.9. The van der Waals surface area contributed by atoms with Crippen molar-refractivity contribution in [1.82, 2.24) is 9.97 Å². The Morgan fingerprint density at radius 3 is 2.71 bits per heavy atom. The highest BCUT2D eigenvalue weighted by molar-refractivity contribution is 5.82. The highest BCUT2D eigenvalue weighted by Gasteiger charge is 2.39. The smallest absolute Gasteiger partial charge is 0.232 e. The van der Waals surface area contributed by atoms with Gasteiger partial charge in [-0.25, -0.2) is 9.97 Å². The number of ketones is 1. The van der Waals surface area contributed by atoms with Gasteiger partial charge in [-0.1, -0.05) is 37.1 Å². The van der Waals surface area contributed by atoms with Gasteiger partial charge in [-0.05, 0) is 37.0 Å². The molecule has 2 aromatic rings. The molecular formula is C20H21N3O. The van der Waals surface area contributed by atoms with E-state index in [1.54, 1.807) is 6.20 Å². The Morgan fingerprint density at radius 1 is 1.25 bits per heavy atom. The van der Waals surface area contributed by atoms with Crippen molar-refractivity contribution < 1.29 is 4.79 Å². The molecule has 3 rings (SSSR count). The molecule has 1 saturated carbocycles. The van der Waals surface area contributed by atoms with Crippen LogP contribution in [0.15, 0.2) is 36.5 Å². The van der Waals surface area contributed by atoms with E-state index in [1.807, 2.05) is 43.3 Å². The second kappa shape index (κ2) is 6.92. The normalized spacial score (nSPS) is 15.8. The third kappa shape index (κ3) is 3.35. The Bertz CT molecular complexity index is 785. The number of hydrogen-bond donors (Lipinski definition) is 0. The number of nitriles is 1. The number of benzene rings is 1. The fourth-order valence-electron chi connectivity index (χ4n) is 3.74. The van der Waals surface area contributed by atoms with Gasteiger partial charge in [0.25, 0.3) is 0 Å². The molecule has 0 unspecified atom stereocenters. The lowest BCUT2D eigenvalue weighted by molar-refractivity contribution is -0.119. The molecule has 0 spiro atoms. The summed E-state index contributed by atoms with van der Waals surface area (Å²) in [5.41, 5.74) is 2.87. The minimum absolute atomic E-state index is 0.185. The van der Waals surface area contributed by atoms with Crippen LogP contribution in [0.1, 0.15) is 54.7 Å². The van der Waals surface area contributed by atoms with Crippen LogP contribution in [0.3, 0.4) is 0 Å². The molecule has 4 heteroatoms. The third-order valence-electron chi connectivity index (χ3n) is 5.04. The Labute approximate surface area is 142 Å². The second-order valence-electron chi connectivity index (χ2n) is 6.68. The number of aromatic nitrogens is 2. The summed E-state index contributed by atoms with van der Waals surface area (Å²) in [6.07, 6.45) is 6.69. The Hall–Kier alpha value is -2.54. The highest BCUT2D eigenvalue weighted by atomic mass is 16.1. The van der Waals surface area contributed by atoms with Gasteiger partial charge in [0.05, 0.1) is 5.69 Å². The van der Waals surface area contributed by atoms with Crippen LogP contribution in [0.25, 0.3) is 0 Å². The van der Waals surface area contributed by atoms with Crippen molar-refractivity contribution in [3.05, 3.63) is 59.2 Å². The van der Waals surface area contributed by atoms with Crippen molar-refractivity contribution in [2.45, 2.75) is 50.9 Å². The number of hydrogen-bond acceptors (Lipinski definition) is 4. The SMILES string of the molecule is Cc1ccccc1CC(=O)CC1(c2ccnc(C#N)n2)CCCC1. The lowest BCUT2D eigenvalue weighted by Gasteiger charge is -2.27. The van der Waals surface area contributed by atoms with Crippen LogP contribution in [0.2, 0.25) is 0 Å². The van der Waals surface area contributed by atoms with E-state index in [2.05, 4.69) is 9.97 Å². The molecule has 122 valence electrons. The van der Waals surface area contributed by atoms with E-state index < -0.39 is 0 Å². The molecule has 0 amide bonds. The first-order valence-corrected chi connectivity index (χ1v) is 8.43. The summed E-state index contributed by atoms with van der Waals surface area (Å²) < 4.78 is 0. The lowest BCUT2D eigenvalue weighted by Crippen LogP contribution is -2.28. The van der Waals surface area contributed by atoms with Gasteiger partial charge >= 0.3 is 0 Å². The molecule has 0 aliphatic heterocycles. The van der Waals surface area contributed by atoms with Crippen LogP contribution >= 0.6 is 0 Å². The number of nitrogens with zero attached hydrogens (tertiary/aromatic N) is 3. The number of rotatable bonds is 5. The lowest BCUT2D eigenvalue weighted by atomic mass is 9.77. The van der Waals surface area contributed by atoms with Crippen LogP contribution < -0.4 is 0 Å². The van der Waals surface area contributed by atoms with Gasteiger partial charge in [-0.2, -0.15) is 5.26 Å². The molecule has 1 aromatic heterocycles. The second-order valence-corrected chi connectivity index (χ2v) is 6.68. The fourth-order valence-corrected chi connectivity index (χ4v) is 3.74. The zero-order chi connectivity index (χ0) is 17.0.